The molecule has 2 heterocycles. The molecular weight excluding hydrogens is 294 g/mol. The van der Waals surface area contributed by atoms with Gasteiger partial charge in [-0.05, 0) is 37.8 Å². The van der Waals surface area contributed by atoms with Crippen LogP contribution in [0.15, 0.2) is 16.5 Å². The quantitative estimate of drug-likeness (QED) is 0.816. The van der Waals surface area contributed by atoms with Crippen molar-refractivity contribution in [2.75, 3.05) is 13.1 Å². The second-order valence-corrected chi connectivity index (χ2v) is 7.21. The van der Waals surface area contributed by atoms with Crippen molar-refractivity contribution in [2.45, 2.75) is 45.8 Å². The molecule has 0 radical (unpaired) electrons. The summed E-state index contributed by atoms with van der Waals surface area (Å²) < 4.78 is 5.46. The number of hydrogen-bond acceptors (Lipinski definition) is 4. The minimum absolute atomic E-state index is 0.0101. The Balaban J connectivity index is 2.13. The van der Waals surface area contributed by atoms with Gasteiger partial charge in [0.25, 0.3) is 5.91 Å². The number of rotatable bonds is 2. The number of hydrogen-bond donors (Lipinski definition) is 2. The van der Waals surface area contributed by atoms with E-state index in [1.807, 2.05) is 20.8 Å². The van der Waals surface area contributed by atoms with Crippen LogP contribution in [0.1, 0.15) is 50.9 Å². The standard InChI is InChI=1S/C18H25NO4/c1-12(2)18(22)11-19(10-13(18)3)16(20)15-7-6-14(23-15)8-9-17(4,5)21/h6-7,12-13,21-22H,10-11H2,1-5H3/t13-,18-/m1/s1. The van der Waals surface area contributed by atoms with E-state index >= 15 is 0 Å². The molecule has 126 valence electrons. The fourth-order valence-corrected chi connectivity index (χ4v) is 2.81. The Morgan fingerprint density at radius 2 is 2.13 bits per heavy atom. The summed E-state index contributed by atoms with van der Waals surface area (Å²) in [5.41, 5.74) is -1.99. The zero-order valence-corrected chi connectivity index (χ0v) is 14.4. The first-order chi connectivity index (χ1) is 10.5. The lowest BCUT2D eigenvalue weighted by Crippen LogP contribution is -2.43. The van der Waals surface area contributed by atoms with Gasteiger partial charge in [-0.1, -0.05) is 26.7 Å². The van der Waals surface area contributed by atoms with E-state index in [1.165, 1.54) is 0 Å². The third kappa shape index (κ3) is 3.77. The highest BCUT2D eigenvalue weighted by molar-refractivity contribution is 5.92. The Kier molecular flexibility index (Phi) is 4.61. The molecule has 1 aliphatic heterocycles. The molecular formula is C18H25NO4. The second kappa shape index (κ2) is 6.03. The largest absolute Gasteiger partial charge is 0.443 e. The van der Waals surface area contributed by atoms with Crippen molar-refractivity contribution in [1.82, 2.24) is 4.90 Å². The SMILES string of the molecule is CC(C)[C@]1(O)CN(C(=O)c2ccc(C#CC(C)(C)O)o2)C[C@H]1C. The maximum absolute atomic E-state index is 12.5. The van der Waals surface area contributed by atoms with Crippen molar-refractivity contribution in [3.8, 4) is 11.8 Å². The summed E-state index contributed by atoms with van der Waals surface area (Å²) in [6, 6.07) is 3.19. The van der Waals surface area contributed by atoms with Gasteiger partial charge in [0, 0.05) is 12.5 Å². The lowest BCUT2D eigenvalue weighted by Gasteiger charge is -2.30. The lowest BCUT2D eigenvalue weighted by atomic mass is 9.82. The number of aliphatic hydroxyl groups is 2. The van der Waals surface area contributed by atoms with E-state index in [1.54, 1.807) is 30.9 Å². The van der Waals surface area contributed by atoms with E-state index < -0.39 is 11.2 Å². The van der Waals surface area contributed by atoms with Gasteiger partial charge in [-0.25, -0.2) is 0 Å². The molecule has 0 bridgehead atoms. The van der Waals surface area contributed by atoms with Gasteiger partial charge in [0.2, 0.25) is 0 Å². The number of carbonyl (C=O) groups excluding carboxylic acids is 1. The second-order valence-electron chi connectivity index (χ2n) is 7.21. The van der Waals surface area contributed by atoms with Crippen LogP contribution < -0.4 is 0 Å². The van der Waals surface area contributed by atoms with Crippen LogP contribution in [0, 0.1) is 23.7 Å². The average Bonchev–Trinajstić information content (AvgIpc) is 3.01. The minimum atomic E-state index is -1.12. The molecule has 0 unspecified atom stereocenters. The summed E-state index contributed by atoms with van der Waals surface area (Å²) in [6.07, 6.45) is 0. The number of carbonyl (C=O) groups is 1. The summed E-state index contributed by atoms with van der Waals surface area (Å²) in [4.78, 5) is 14.2. The normalized spacial score (nSPS) is 24.7. The predicted molar refractivity (Wildman–Crippen MR) is 86.7 cm³/mol. The molecule has 2 N–H and O–H groups in total. The highest BCUT2D eigenvalue weighted by Crippen LogP contribution is 2.34. The molecule has 1 aliphatic rings. The van der Waals surface area contributed by atoms with Gasteiger partial charge >= 0.3 is 0 Å². The van der Waals surface area contributed by atoms with E-state index in [4.69, 9.17) is 4.42 Å². The van der Waals surface area contributed by atoms with E-state index in [0.717, 1.165) is 0 Å². The molecule has 0 spiro atoms. The summed E-state index contributed by atoms with van der Waals surface area (Å²) in [5, 5.41) is 20.3. The Bertz CT molecular complexity index is 644. The maximum atomic E-state index is 12.5. The van der Waals surface area contributed by atoms with Crippen LogP contribution in [0.25, 0.3) is 0 Å². The molecule has 1 aromatic heterocycles. The molecule has 5 nitrogen and oxygen atoms in total. The van der Waals surface area contributed by atoms with Crippen LogP contribution in [0.4, 0.5) is 0 Å². The van der Waals surface area contributed by atoms with Gasteiger partial charge in [-0.3, -0.25) is 4.79 Å². The zero-order valence-electron chi connectivity index (χ0n) is 14.4. The van der Waals surface area contributed by atoms with Gasteiger partial charge in [0.15, 0.2) is 11.5 Å². The summed E-state index contributed by atoms with van der Waals surface area (Å²) in [5.74, 6) is 5.72. The Morgan fingerprint density at radius 3 is 2.65 bits per heavy atom. The van der Waals surface area contributed by atoms with Gasteiger partial charge in [-0.2, -0.15) is 0 Å². The molecule has 1 amide bonds. The van der Waals surface area contributed by atoms with Crippen LogP contribution in [0.5, 0.6) is 0 Å². The number of nitrogens with zero attached hydrogens (tertiary/aromatic N) is 1. The van der Waals surface area contributed by atoms with Gasteiger partial charge in [0.05, 0.1) is 12.1 Å². The fraction of sp³-hybridized carbons (Fsp3) is 0.611. The van der Waals surface area contributed by atoms with Gasteiger partial charge in [0.1, 0.15) is 5.60 Å². The molecule has 0 aliphatic carbocycles. The maximum Gasteiger partial charge on any atom is 0.289 e. The van der Waals surface area contributed by atoms with E-state index in [9.17, 15) is 15.0 Å². The smallest absolute Gasteiger partial charge is 0.289 e. The predicted octanol–water partition coefficient (Wildman–Crippen LogP) is 1.88. The first-order valence-corrected chi connectivity index (χ1v) is 7.90. The molecule has 0 saturated carbocycles. The molecule has 5 heteroatoms. The molecule has 1 saturated heterocycles. The van der Waals surface area contributed by atoms with Crippen molar-refractivity contribution in [3.63, 3.8) is 0 Å². The first kappa shape index (κ1) is 17.6. The van der Waals surface area contributed by atoms with Crippen molar-refractivity contribution in [1.29, 1.82) is 0 Å². The Labute approximate surface area is 137 Å². The number of β-amino-alcohol motifs (C(OH)–C–C–N with tert-alkyl or cyclic N) is 1. The number of furan rings is 1. The van der Waals surface area contributed by atoms with Crippen LogP contribution in [0.3, 0.4) is 0 Å². The molecule has 23 heavy (non-hydrogen) atoms. The third-order valence-corrected chi connectivity index (χ3v) is 4.39. The van der Waals surface area contributed by atoms with Crippen molar-refractivity contribution >= 4 is 5.91 Å². The monoisotopic (exact) mass is 319 g/mol. The van der Waals surface area contributed by atoms with Crippen molar-refractivity contribution < 1.29 is 19.4 Å². The highest BCUT2D eigenvalue weighted by Gasteiger charge is 2.46. The lowest BCUT2D eigenvalue weighted by molar-refractivity contribution is -0.0245. The average molecular weight is 319 g/mol. The van der Waals surface area contributed by atoms with Gasteiger partial charge < -0.3 is 19.5 Å². The van der Waals surface area contributed by atoms with Crippen LogP contribution in [-0.2, 0) is 0 Å². The summed E-state index contributed by atoms with van der Waals surface area (Å²) >= 11 is 0. The van der Waals surface area contributed by atoms with E-state index in [-0.39, 0.29) is 23.5 Å². The van der Waals surface area contributed by atoms with Gasteiger partial charge in [-0.15, -0.1) is 0 Å². The van der Waals surface area contributed by atoms with Crippen molar-refractivity contribution in [2.24, 2.45) is 11.8 Å². The number of likely N-dealkylation sites (tertiary alicyclic amines) is 1. The first-order valence-electron chi connectivity index (χ1n) is 7.90. The highest BCUT2D eigenvalue weighted by atomic mass is 16.4. The van der Waals surface area contributed by atoms with E-state index in [2.05, 4.69) is 11.8 Å². The summed E-state index contributed by atoms with van der Waals surface area (Å²) in [7, 11) is 0. The molecule has 2 atom stereocenters. The van der Waals surface area contributed by atoms with Crippen LogP contribution in [0.2, 0.25) is 0 Å². The van der Waals surface area contributed by atoms with Crippen LogP contribution >= 0.6 is 0 Å². The van der Waals surface area contributed by atoms with Crippen LogP contribution in [-0.4, -0.2) is 45.3 Å². The number of amides is 1. The molecule has 0 aromatic carbocycles. The van der Waals surface area contributed by atoms with E-state index in [0.29, 0.717) is 18.8 Å². The zero-order chi connectivity index (χ0) is 17.4. The Morgan fingerprint density at radius 1 is 1.48 bits per heavy atom. The Hall–Kier alpha value is -1.77. The summed E-state index contributed by atoms with van der Waals surface area (Å²) in [6.45, 7) is 9.83. The van der Waals surface area contributed by atoms with Crippen molar-refractivity contribution in [3.05, 3.63) is 23.7 Å². The molecule has 1 fully saturated rings. The third-order valence-electron chi connectivity index (χ3n) is 4.39. The fourth-order valence-electron chi connectivity index (χ4n) is 2.81. The minimum Gasteiger partial charge on any atom is -0.443 e. The topological polar surface area (TPSA) is 73.9 Å². The molecule has 1 aromatic rings. The molecule has 2 rings (SSSR count).